The number of hydrogen-bond acceptors (Lipinski definition) is 4. The van der Waals surface area contributed by atoms with E-state index in [2.05, 4.69) is 0 Å². The molecule has 0 bridgehead atoms. The molecule has 1 heterocycles. The molecule has 0 unspecified atom stereocenters. The molecule has 0 aromatic heterocycles. The van der Waals surface area contributed by atoms with Gasteiger partial charge in [-0.05, 0) is 50.6 Å². The van der Waals surface area contributed by atoms with Crippen LogP contribution < -0.4 is 4.74 Å². The summed E-state index contributed by atoms with van der Waals surface area (Å²) in [4.78, 5) is 24.9. The van der Waals surface area contributed by atoms with Crippen molar-refractivity contribution < 1.29 is 33.0 Å². The van der Waals surface area contributed by atoms with Crippen molar-refractivity contribution in [3.05, 3.63) is 53.6 Å². The Kier molecular flexibility index (Phi) is 5.96. The van der Waals surface area contributed by atoms with Crippen LogP contribution in [0.15, 0.2) is 36.4 Å². The topological polar surface area (TPSA) is 76.1 Å². The van der Waals surface area contributed by atoms with Crippen LogP contribution in [-0.4, -0.2) is 46.9 Å². The maximum atomic E-state index is 14.6. The van der Waals surface area contributed by atoms with E-state index < -0.39 is 35.4 Å². The minimum Gasteiger partial charge on any atom is -0.485 e. The number of likely N-dealkylation sites (tertiary alicyclic amines) is 1. The maximum absolute atomic E-state index is 14.6. The second-order valence-electron chi connectivity index (χ2n) is 8.08. The molecular formula is C22H23F2NO5. The number of aromatic carboxylic acids is 1. The Morgan fingerprint density at radius 3 is 2.57 bits per heavy atom. The summed E-state index contributed by atoms with van der Waals surface area (Å²) in [6.07, 6.45) is -0.637. The minimum absolute atomic E-state index is 0.0140. The lowest BCUT2D eigenvalue weighted by atomic mass is 10.0. The number of nitrogens with zero attached hydrogens (tertiary/aromatic N) is 1. The number of carboxylic acid groups (broad SMARTS) is 1. The van der Waals surface area contributed by atoms with Gasteiger partial charge < -0.3 is 19.5 Å². The molecule has 1 amide bonds. The lowest BCUT2D eigenvalue weighted by molar-refractivity contribution is 0.0275. The van der Waals surface area contributed by atoms with E-state index in [4.69, 9.17) is 9.47 Å². The highest BCUT2D eigenvalue weighted by Crippen LogP contribution is 2.36. The molecule has 8 heteroatoms. The molecule has 1 atom stereocenters. The van der Waals surface area contributed by atoms with Gasteiger partial charge in [0.05, 0.1) is 12.1 Å². The van der Waals surface area contributed by atoms with Gasteiger partial charge in [-0.25, -0.2) is 14.0 Å². The molecule has 1 fully saturated rings. The SMILES string of the molecule is CC(C)(C)OC(=O)N1CC[C@H](Oc2c(-c3cccc(C(=O)O)c3)ccc(F)c2F)C1. The molecule has 0 saturated carbocycles. The fourth-order valence-corrected chi connectivity index (χ4v) is 3.18. The number of hydrogen-bond donors (Lipinski definition) is 1. The van der Waals surface area contributed by atoms with Gasteiger partial charge in [-0.15, -0.1) is 0 Å². The Morgan fingerprint density at radius 1 is 1.17 bits per heavy atom. The Morgan fingerprint density at radius 2 is 1.90 bits per heavy atom. The van der Waals surface area contributed by atoms with E-state index in [1.807, 2.05) is 0 Å². The zero-order chi connectivity index (χ0) is 22.1. The average molecular weight is 419 g/mol. The second-order valence-corrected chi connectivity index (χ2v) is 8.08. The molecule has 3 rings (SSSR count). The fraction of sp³-hybridized carbons (Fsp3) is 0.364. The van der Waals surface area contributed by atoms with Gasteiger partial charge in [-0.1, -0.05) is 12.1 Å². The summed E-state index contributed by atoms with van der Waals surface area (Å²) in [6.45, 7) is 5.80. The molecule has 1 aliphatic rings. The molecule has 0 aliphatic carbocycles. The monoisotopic (exact) mass is 419 g/mol. The molecule has 30 heavy (non-hydrogen) atoms. The first-order valence-corrected chi connectivity index (χ1v) is 9.51. The largest absolute Gasteiger partial charge is 0.485 e. The summed E-state index contributed by atoms with van der Waals surface area (Å²) in [7, 11) is 0. The Bertz CT molecular complexity index is 970. The number of carbonyl (C=O) groups excluding carboxylic acids is 1. The van der Waals surface area contributed by atoms with Gasteiger partial charge >= 0.3 is 12.1 Å². The highest BCUT2D eigenvalue weighted by atomic mass is 19.2. The van der Waals surface area contributed by atoms with Crippen molar-refractivity contribution in [1.82, 2.24) is 4.90 Å². The quantitative estimate of drug-likeness (QED) is 0.776. The smallest absolute Gasteiger partial charge is 0.410 e. The molecule has 2 aromatic carbocycles. The third-order valence-electron chi connectivity index (χ3n) is 4.55. The summed E-state index contributed by atoms with van der Waals surface area (Å²) in [5.74, 6) is -3.69. The molecule has 0 spiro atoms. The van der Waals surface area contributed by atoms with Crippen LogP contribution in [0.5, 0.6) is 5.75 Å². The third-order valence-corrected chi connectivity index (χ3v) is 4.55. The number of rotatable bonds is 4. The molecule has 1 N–H and O–H groups in total. The number of benzene rings is 2. The van der Waals surface area contributed by atoms with E-state index in [1.165, 1.54) is 29.2 Å². The number of ether oxygens (including phenoxy) is 2. The molecule has 2 aromatic rings. The predicted octanol–water partition coefficient (Wildman–Crippen LogP) is 4.72. The van der Waals surface area contributed by atoms with Crippen LogP contribution >= 0.6 is 0 Å². The van der Waals surface area contributed by atoms with Crippen LogP contribution in [-0.2, 0) is 4.74 Å². The Balaban J connectivity index is 1.85. The number of halogens is 2. The van der Waals surface area contributed by atoms with Crippen LogP contribution in [0.25, 0.3) is 11.1 Å². The van der Waals surface area contributed by atoms with Gasteiger partial charge in [-0.3, -0.25) is 0 Å². The van der Waals surface area contributed by atoms with Gasteiger partial charge in [0.15, 0.2) is 11.6 Å². The number of carbonyl (C=O) groups is 2. The highest BCUT2D eigenvalue weighted by molar-refractivity contribution is 5.89. The molecule has 6 nitrogen and oxygen atoms in total. The van der Waals surface area contributed by atoms with Crippen molar-refractivity contribution in [1.29, 1.82) is 0 Å². The summed E-state index contributed by atoms with van der Waals surface area (Å²) >= 11 is 0. The van der Waals surface area contributed by atoms with Crippen LogP contribution in [0, 0.1) is 11.6 Å². The van der Waals surface area contributed by atoms with Gasteiger partial charge in [0.1, 0.15) is 11.7 Å². The van der Waals surface area contributed by atoms with E-state index in [1.54, 1.807) is 26.8 Å². The lowest BCUT2D eigenvalue weighted by Crippen LogP contribution is -2.36. The maximum Gasteiger partial charge on any atom is 0.410 e. The first kappa shape index (κ1) is 21.5. The number of amides is 1. The standard InChI is InChI=1S/C22H23F2NO5/c1-22(2,3)30-21(28)25-10-9-15(12-25)29-19-16(7-8-17(23)18(19)24)13-5-4-6-14(11-13)20(26)27/h4-8,11,15H,9-10,12H2,1-3H3,(H,26,27)/t15-/m0/s1. The van der Waals surface area contributed by atoms with E-state index in [9.17, 15) is 23.5 Å². The first-order chi connectivity index (χ1) is 14.0. The summed E-state index contributed by atoms with van der Waals surface area (Å²) in [6, 6.07) is 8.19. The average Bonchev–Trinajstić information content (AvgIpc) is 3.13. The van der Waals surface area contributed by atoms with E-state index in [-0.39, 0.29) is 23.4 Å². The fourth-order valence-electron chi connectivity index (χ4n) is 3.18. The lowest BCUT2D eigenvalue weighted by Gasteiger charge is -2.24. The van der Waals surface area contributed by atoms with Crippen LogP contribution in [0.1, 0.15) is 37.6 Å². The third kappa shape index (κ3) is 4.87. The summed E-state index contributed by atoms with van der Waals surface area (Å²) < 4.78 is 39.6. The zero-order valence-corrected chi connectivity index (χ0v) is 16.9. The van der Waals surface area contributed by atoms with Crippen LogP contribution in [0.2, 0.25) is 0 Å². The molecular weight excluding hydrogens is 396 g/mol. The Labute approximate surface area is 173 Å². The summed E-state index contributed by atoms with van der Waals surface area (Å²) in [5.41, 5.74) is -0.0220. The Hall–Kier alpha value is -3.16. The van der Waals surface area contributed by atoms with Crippen LogP contribution in [0.4, 0.5) is 13.6 Å². The van der Waals surface area contributed by atoms with Gasteiger partial charge in [-0.2, -0.15) is 4.39 Å². The van der Waals surface area contributed by atoms with Crippen LogP contribution in [0.3, 0.4) is 0 Å². The van der Waals surface area contributed by atoms with Crippen molar-refractivity contribution in [2.24, 2.45) is 0 Å². The van der Waals surface area contributed by atoms with Gasteiger partial charge in [0, 0.05) is 18.5 Å². The van der Waals surface area contributed by atoms with Gasteiger partial charge in [0.25, 0.3) is 0 Å². The minimum atomic E-state index is -1.16. The van der Waals surface area contributed by atoms with Crippen molar-refractivity contribution in [2.45, 2.75) is 38.9 Å². The van der Waals surface area contributed by atoms with E-state index >= 15 is 0 Å². The normalized spacial score (nSPS) is 16.4. The summed E-state index contributed by atoms with van der Waals surface area (Å²) in [5, 5.41) is 9.20. The predicted molar refractivity (Wildman–Crippen MR) is 106 cm³/mol. The highest BCUT2D eigenvalue weighted by Gasteiger charge is 2.32. The molecule has 1 saturated heterocycles. The first-order valence-electron chi connectivity index (χ1n) is 9.51. The van der Waals surface area contributed by atoms with Crippen molar-refractivity contribution in [3.63, 3.8) is 0 Å². The molecule has 1 aliphatic heterocycles. The van der Waals surface area contributed by atoms with E-state index in [0.29, 0.717) is 18.5 Å². The number of carboxylic acids is 1. The zero-order valence-electron chi connectivity index (χ0n) is 16.9. The second kappa shape index (κ2) is 8.30. The molecule has 160 valence electrons. The van der Waals surface area contributed by atoms with Crippen molar-refractivity contribution in [2.75, 3.05) is 13.1 Å². The van der Waals surface area contributed by atoms with Crippen molar-refractivity contribution >= 4 is 12.1 Å². The van der Waals surface area contributed by atoms with Crippen molar-refractivity contribution in [3.8, 4) is 16.9 Å². The molecule has 0 radical (unpaired) electrons. The van der Waals surface area contributed by atoms with E-state index in [0.717, 1.165) is 6.07 Å². The van der Waals surface area contributed by atoms with Gasteiger partial charge in [0.2, 0.25) is 5.82 Å².